The Bertz CT molecular complexity index is 1350. The Labute approximate surface area is 214 Å². The minimum absolute atomic E-state index is 0.00444. The molecule has 0 N–H and O–H groups in total. The number of hydrogen-bond acceptors (Lipinski definition) is 4. The maximum atomic E-state index is 13.4. The van der Waals surface area contributed by atoms with Crippen LogP contribution in [-0.4, -0.2) is 38.6 Å². The quantitative estimate of drug-likeness (QED) is 0.150. The van der Waals surface area contributed by atoms with Crippen LogP contribution in [0.15, 0.2) is 60.5 Å². The van der Waals surface area contributed by atoms with Gasteiger partial charge in [0.05, 0.1) is 24.1 Å². The average molecular weight is 509 g/mol. The van der Waals surface area contributed by atoms with E-state index in [1.54, 1.807) is 16.8 Å². The van der Waals surface area contributed by atoms with Gasteiger partial charge in [-0.25, -0.2) is 4.98 Å². The van der Waals surface area contributed by atoms with Crippen molar-refractivity contribution in [3.8, 4) is 0 Å². The number of aliphatic imine (C=N–C) groups is 1. The second kappa shape index (κ2) is 11.7. The summed E-state index contributed by atoms with van der Waals surface area (Å²) in [5.41, 5.74) is 3.38. The molecule has 3 heterocycles. The van der Waals surface area contributed by atoms with E-state index in [2.05, 4.69) is 21.5 Å². The molecule has 0 radical (unpaired) electrons. The van der Waals surface area contributed by atoms with Gasteiger partial charge in [0.15, 0.2) is 11.4 Å². The lowest BCUT2D eigenvalue weighted by Gasteiger charge is -2.12. The van der Waals surface area contributed by atoms with Crippen molar-refractivity contribution in [3.63, 3.8) is 0 Å². The van der Waals surface area contributed by atoms with Crippen LogP contribution < -0.4 is 0 Å². The lowest BCUT2D eigenvalue weighted by atomic mass is 9.94. The maximum absolute atomic E-state index is 13.4. The molecule has 1 aliphatic rings. The highest BCUT2D eigenvalue weighted by atomic mass is 19.4. The molecule has 0 atom stereocenters. The Morgan fingerprint density at radius 3 is 2.73 bits per heavy atom. The van der Waals surface area contributed by atoms with Crippen molar-refractivity contribution in [2.75, 3.05) is 6.54 Å². The summed E-state index contributed by atoms with van der Waals surface area (Å²) in [6, 6.07) is 5.85. The van der Waals surface area contributed by atoms with E-state index < -0.39 is 11.9 Å². The lowest BCUT2D eigenvalue weighted by molar-refractivity contribution is -0.0571. The number of aryl methyl sites for hydroxylation is 1. The van der Waals surface area contributed by atoms with Gasteiger partial charge in [-0.2, -0.15) is 13.2 Å². The van der Waals surface area contributed by atoms with Crippen LogP contribution in [0.2, 0.25) is 0 Å². The highest BCUT2D eigenvalue weighted by molar-refractivity contribution is 6.27. The van der Waals surface area contributed by atoms with Crippen LogP contribution in [0.5, 0.6) is 0 Å². The summed E-state index contributed by atoms with van der Waals surface area (Å²) < 4.78 is 41.9. The van der Waals surface area contributed by atoms with Gasteiger partial charge in [-0.15, -0.1) is 6.58 Å². The summed E-state index contributed by atoms with van der Waals surface area (Å²) in [4.78, 5) is 25.3. The Kier molecular flexibility index (Phi) is 8.36. The highest BCUT2D eigenvalue weighted by Crippen LogP contribution is 2.32. The summed E-state index contributed by atoms with van der Waals surface area (Å²) in [6.07, 6.45) is 10.4. The number of fused-ring (bicyclic) bond motifs is 1. The molecule has 4 rings (SSSR count). The molecular weight excluding hydrogens is 477 g/mol. The Hall–Kier alpha value is -3.55. The van der Waals surface area contributed by atoms with Gasteiger partial charge in [0, 0.05) is 36.4 Å². The molecule has 0 aliphatic carbocycles. The van der Waals surface area contributed by atoms with Crippen LogP contribution in [-0.2, 0) is 12.8 Å². The number of hydrogen-bond donors (Lipinski definition) is 0. The standard InChI is InChI=1S/C29H31F3N4O/c1-3-5-6-7-8-9-10-26(37)22-12-11-20(17-21(22)4-2)18-24-28-35-19-25(36(28)16-15-33-24)23-13-14-34-27(23)29(30,31)32/h3,11-13,15-17,19H,1,4-10,14,18H2,2H3. The molecule has 0 fully saturated rings. The van der Waals surface area contributed by atoms with E-state index in [0.717, 1.165) is 55.2 Å². The second-order valence-electron chi connectivity index (χ2n) is 9.20. The number of Topliss-reactive ketones (excluding diaryl/α,β-unsaturated/α-hetero) is 1. The summed E-state index contributed by atoms with van der Waals surface area (Å²) in [6.45, 7) is 5.76. The van der Waals surface area contributed by atoms with Crippen LogP contribution in [0.3, 0.4) is 0 Å². The fourth-order valence-electron chi connectivity index (χ4n) is 4.75. The van der Waals surface area contributed by atoms with Crippen molar-refractivity contribution >= 4 is 22.7 Å². The zero-order valence-corrected chi connectivity index (χ0v) is 21.0. The molecule has 37 heavy (non-hydrogen) atoms. The molecule has 194 valence electrons. The summed E-state index contributed by atoms with van der Waals surface area (Å²) in [5, 5.41) is 0. The first kappa shape index (κ1) is 26.5. The van der Waals surface area contributed by atoms with Gasteiger partial charge in [-0.05, 0) is 36.8 Å². The molecule has 0 unspecified atom stereocenters. The van der Waals surface area contributed by atoms with E-state index in [9.17, 15) is 18.0 Å². The van der Waals surface area contributed by atoms with Gasteiger partial charge in [0.1, 0.15) is 5.71 Å². The van der Waals surface area contributed by atoms with E-state index >= 15 is 0 Å². The normalized spacial score (nSPS) is 13.6. The minimum Gasteiger partial charge on any atom is -0.297 e. The number of alkyl halides is 3. The Balaban J connectivity index is 1.51. The predicted octanol–water partition coefficient (Wildman–Crippen LogP) is 6.99. The smallest absolute Gasteiger partial charge is 0.297 e. The van der Waals surface area contributed by atoms with Crippen LogP contribution in [0, 0.1) is 0 Å². The fourth-order valence-corrected chi connectivity index (χ4v) is 4.75. The van der Waals surface area contributed by atoms with Crippen molar-refractivity contribution in [1.29, 1.82) is 0 Å². The van der Waals surface area contributed by atoms with Crippen LogP contribution in [0.1, 0.15) is 78.3 Å². The SMILES string of the molecule is C=CCCCCCCC(=O)c1ccc(Cc2nccn3c(C4=CCN=C4C(F)(F)F)cnc23)cc1CC. The number of nitrogens with zero attached hydrogens (tertiary/aromatic N) is 4. The molecule has 0 bridgehead atoms. The van der Waals surface area contributed by atoms with Crippen molar-refractivity contribution in [2.45, 2.75) is 64.5 Å². The van der Waals surface area contributed by atoms with Crippen molar-refractivity contribution in [1.82, 2.24) is 14.4 Å². The first-order valence-corrected chi connectivity index (χ1v) is 12.7. The minimum atomic E-state index is -4.52. The van der Waals surface area contributed by atoms with Gasteiger partial charge >= 0.3 is 6.18 Å². The number of rotatable bonds is 12. The van der Waals surface area contributed by atoms with E-state index in [1.165, 1.54) is 12.3 Å². The molecule has 0 saturated heterocycles. The van der Waals surface area contributed by atoms with Crippen LogP contribution in [0.25, 0.3) is 11.2 Å². The molecule has 5 nitrogen and oxygen atoms in total. The summed E-state index contributed by atoms with van der Waals surface area (Å²) in [7, 11) is 0. The first-order chi connectivity index (χ1) is 17.8. The number of carbonyl (C=O) groups excluding carboxylic acids is 1. The summed E-state index contributed by atoms with van der Waals surface area (Å²) >= 11 is 0. The predicted molar refractivity (Wildman–Crippen MR) is 140 cm³/mol. The summed E-state index contributed by atoms with van der Waals surface area (Å²) in [5.74, 6) is 0.164. The third kappa shape index (κ3) is 6.06. The van der Waals surface area contributed by atoms with Gasteiger partial charge in [0.2, 0.25) is 0 Å². The van der Waals surface area contributed by atoms with E-state index in [4.69, 9.17) is 0 Å². The number of carbonyl (C=O) groups is 1. The van der Waals surface area contributed by atoms with Gasteiger partial charge < -0.3 is 0 Å². The number of unbranched alkanes of at least 4 members (excludes halogenated alkanes) is 4. The molecule has 8 heteroatoms. The highest BCUT2D eigenvalue weighted by Gasteiger charge is 2.40. The molecule has 0 amide bonds. The monoisotopic (exact) mass is 508 g/mol. The Morgan fingerprint density at radius 1 is 1.16 bits per heavy atom. The zero-order valence-electron chi connectivity index (χ0n) is 21.0. The van der Waals surface area contributed by atoms with Gasteiger partial charge in [-0.3, -0.25) is 19.2 Å². The molecule has 1 aromatic carbocycles. The first-order valence-electron chi connectivity index (χ1n) is 12.7. The number of aromatic nitrogens is 3. The van der Waals surface area contributed by atoms with Gasteiger partial charge in [0.25, 0.3) is 0 Å². The number of imidazole rings is 1. The molecule has 1 aliphatic heterocycles. The number of ketones is 1. The molecule has 0 spiro atoms. The third-order valence-electron chi connectivity index (χ3n) is 6.63. The molecule has 3 aromatic rings. The molecule has 2 aromatic heterocycles. The fraction of sp³-hybridized carbons (Fsp3) is 0.379. The van der Waals surface area contributed by atoms with Crippen molar-refractivity contribution < 1.29 is 18.0 Å². The lowest BCUT2D eigenvalue weighted by Crippen LogP contribution is -2.23. The number of benzene rings is 1. The van der Waals surface area contributed by atoms with Crippen LogP contribution >= 0.6 is 0 Å². The van der Waals surface area contributed by atoms with Crippen LogP contribution in [0.4, 0.5) is 13.2 Å². The maximum Gasteiger partial charge on any atom is 0.433 e. The molecular formula is C29H31F3N4O. The zero-order chi connectivity index (χ0) is 26.4. The third-order valence-corrected chi connectivity index (χ3v) is 6.63. The van der Waals surface area contributed by atoms with Crippen molar-refractivity contribution in [3.05, 3.63) is 83.6 Å². The van der Waals surface area contributed by atoms with E-state index in [-0.39, 0.29) is 17.9 Å². The van der Waals surface area contributed by atoms with E-state index in [0.29, 0.717) is 29.9 Å². The molecule has 0 saturated carbocycles. The largest absolute Gasteiger partial charge is 0.433 e. The Morgan fingerprint density at radius 2 is 1.97 bits per heavy atom. The number of allylic oxidation sites excluding steroid dienone is 2. The van der Waals surface area contributed by atoms with Crippen molar-refractivity contribution in [2.24, 2.45) is 4.99 Å². The number of halogens is 3. The topological polar surface area (TPSA) is 59.6 Å². The average Bonchev–Trinajstić information content (AvgIpc) is 3.53. The second-order valence-corrected chi connectivity index (χ2v) is 9.20. The van der Waals surface area contributed by atoms with E-state index in [1.807, 2.05) is 31.2 Å². The van der Waals surface area contributed by atoms with Gasteiger partial charge in [-0.1, -0.05) is 50.1 Å².